The van der Waals surface area contributed by atoms with Crippen LogP contribution in [0.4, 0.5) is 4.79 Å². The van der Waals surface area contributed by atoms with Gasteiger partial charge in [-0.3, -0.25) is 4.79 Å². The number of carbonyl (C=O) groups is 2. The van der Waals surface area contributed by atoms with E-state index in [2.05, 4.69) is 15.6 Å². The monoisotopic (exact) mass is 299 g/mol. The van der Waals surface area contributed by atoms with E-state index in [0.29, 0.717) is 13.0 Å². The second-order valence-corrected chi connectivity index (χ2v) is 5.92. The molecular weight excluding hydrogens is 278 g/mol. The number of aromatic nitrogens is 1. The maximum absolute atomic E-state index is 11.7. The van der Waals surface area contributed by atoms with E-state index in [1.54, 1.807) is 11.3 Å². The van der Waals surface area contributed by atoms with E-state index in [9.17, 15) is 9.59 Å². The molecule has 3 N–H and O–H groups in total. The summed E-state index contributed by atoms with van der Waals surface area (Å²) < 4.78 is 0. The lowest BCUT2D eigenvalue weighted by atomic mass is 10.0. The Kier molecular flexibility index (Phi) is 6.44. The summed E-state index contributed by atoms with van der Waals surface area (Å²) in [6, 6.07) is -0.701. The standard InChI is InChI=1S/C13H21N3O3S/c1-8(2)10(6-12(17)18)16-13(19)14-5-4-11-15-9(3)7-20-11/h7-8,10H,4-6H2,1-3H3,(H,17,18)(H2,14,16,19). The quantitative estimate of drug-likeness (QED) is 0.716. The van der Waals surface area contributed by atoms with Gasteiger partial charge in [0, 0.05) is 30.1 Å². The number of thiazole rings is 1. The molecule has 0 spiro atoms. The number of aryl methyl sites for hydroxylation is 1. The van der Waals surface area contributed by atoms with Crippen LogP contribution in [0.1, 0.15) is 31.0 Å². The van der Waals surface area contributed by atoms with Crippen molar-refractivity contribution in [3.8, 4) is 0 Å². The Hall–Kier alpha value is -1.63. The smallest absolute Gasteiger partial charge is 0.315 e. The van der Waals surface area contributed by atoms with Crippen molar-refractivity contribution in [2.75, 3.05) is 6.54 Å². The van der Waals surface area contributed by atoms with Crippen molar-refractivity contribution in [1.82, 2.24) is 15.6 Å². The molecule has 6 nitrogen and oxygen atoms in total. The first-order valence-electron chi connectivity index (χ1n) is 6.55. The molecule has 0 radical (unpaired) electrons. The summed E-state index contributed by atoms with van der Waals surface area (Å²) >= 11 is 1.57. The van der Waals surface area contributed by atoms with Crippen LogP contribution in [0.5, 0.6) is 0 Å². The van der Waals surface area contributed by atoms with Crippen LogP contribution in [0.2, 0.25) is 0 Å². The zero-order valence-electron chi connectivity index (χ0n) is 12.0. The molecule has 7 heteroatoms. The Morgan fingerprint density at radius 3 is 2.65 bits per heavy atom. The number of nitrogens with one attached hydrogen (secondary N) is 2. The summed E-state index contributed by atoms with van der Waals surface area (Å²) in [5.74, 6) is -0.847. The second-order valence-electron chi connectivity index (χ2n) is 4.98. The molecule has 0 aliphatic carbocycles. The van der Waals surface area contributed by atoms with E-state index >= 15 is 0 Å². The Balaban J connectivity index is 2.32. The molecular formula is C13H21N3O3S. The van der Waals surface area contributed by atoms with Gasteiger partial charge in [0.15, 0.2) is 0 Å². The van der Waals surface area contributed by atoms with Crippen molar-refractivity contribution >= 4 is 23.3 Å². The van der Waals surface area contributed by atoms with Gasteiger partial charge < -0.3 is 15.7 Å². The highest BCUT2D eigenvalue weighted by Crippen LogP contribution is 2.08. The van der Waals surface area contributed by atoms with Gasteiger partial charge in [0.1, 0.15) is 0 Å². The molecule has 1 rings (SSSR count). The van der Waals surface area contributed by atoms with E-state index < -0.39 is 5.97 Å². The first-order chi connectivity index (χ1) is 9.38. The molecule has 2 amide bonds. The van der Waals surface area contributed by atoms with Crippen molar-refractivity contribution in [1.29, 1.82) is 0 Å². The molecule has 0 fully saturated rings. The van der Waals surface area contributed by atoms with E-state index in [1.807, 2.05) is 26.2 Å². The topological polar surface area (TPSA) is 91.3 Å². The summed E-state index contributed by atoms with van der Waals surface area (Å²) in [7, 11) is 0. The van der Waals surface area contributed by atoms with E-state index in [1.165, 1.54) is 0 Å². The SMILES string of the molecule is Cc1csc(CCNC(=O)NC(CC(=O)O)C(C)C)n1. The van der Waals surface area contributed by atoms with Crippen LogP contribution in [0.15, 0.2) is 5.38 Å². The van der Waals surface area contributed by atoms with Gasteiger partial charge in [0.05, 0.1) is 11.4 Å². The summed E-state index contributed by atoms with van der Waals surface area (Å²) in [6.07, 6.45) is 0.605. The predicted octanol–water partition coefficient (Wildman–Crippen LogP) is 1.79. The fourth-order valence-corrected chi connectivity index (χ4v) is 2.44. The van der Waals surface area contributed by atoms with Crippen LogP contribution in [-0.4, -0.2) is 34.7 Å². The fourth-order valence-electron chi connectivity index (χ4n) is 1.66. The minimum atomic E-state index is -0.915. The number of amides is 2. The van der Waals surface area contributed by atoms with Gasteiger partial charge in [-0.2, -0.15) is 0 Å². The lowest BCUT2D eigenvalue weighted by molar-refractivity contribution is -0.137. The second kappa shape index (κ2) is 7.84. The maximum atomic E-state index is 11.7. The summed E-state index contributed by atoms with van der Waals surface area (Å²) in [5, 5.41) is 17.2. The summed E-state index contributed by atoms with van der Waals surface area (Å²) in [6.45, 7) is 6.18. The van der Waals surface area contributed by atoms with Crippen LogP contribution in [0.25, 0.3) is 0 Å². The number of carboxylic acids is 1. The van der Waals surface area contributed by atoms with Gasteiger partial charge in [-0.25, -0.2) is 9.78 Å². The molecule has 0 aliphatic heterocycles. The third-order valence-corrected chi connectivity index (χ3v) is 3.83. The molecule has 1 aromatic rings. The Labute approximate surface area is 122 Å². The molecule has 1 unspecified atom stereocenters. The number of aliphatic carboxylic acids is 1. The molecule has 1 atom stereocenters. The minimum Gasteiger partial charge on any atom is -0.481 e. The molecule has 1 heterocycles. The van der Waals surface area contributed by atoms with Crippen molar-refractivity contribution in [3.63, 3.8) is 0 Å². The van der Waals surface area contributed by atoms with Crippen LogP contribution in [0, 0.1) is 12.8 Å². The van der Waals surface area contributed by atoms with Gasteiger partial charge in [0.25, 0.3) is 0 Å². The highest BCUT2D eigenvalue weighted by atomic mass is 32.1. The van der Waals surface area contributed by atoms with Gasteiger partial charge in [-0.1, -0.05) is 13.8 Å². The molecule has 0 bridgehead atoms. The zero-order chi connectivity index (χ0) is 15.1. The molecule has 1 aromatic heterocycles. The van der Waals surface area contributed by atoms with Crippen LogP contribution in [-0.2, 0) is 11.2 Å². The number of hydrogen-bond donors (Lipinski definition) is 3. The molecule has 0 aromatic carbocycles. The normalized spacial score (nSPS) is 12.2. The highest BCUT2D eigenvalue weighted by Gasteiger charge is 2.19. The molecule has 0 aliphatic rings. The molecule has 0 saturated heterocycles. The van der Waals surface area contributed by atoms with Crippen molar-refractivity contribution in [2.24, 2.45) is 5.92 Å². The van der Waals surface area contributed by atoms with Crippen LogP contribution in [0.3, 0.4) is 0 Å². The largest absolute Gasteiger partial charge is 0.481 e. The lowest BCUT2D eigenvalue weighted by Crippen LogP contribution is -2.45. The maximum Gasteiger partial charge on any atom is 0.315 e. The number of carboxylic acid groups (broad SMARTS) is 1. The minimum absolute atomic E-state index is 0.0680. The average molecular weight is 299 g/mol. The first kappa shape index (κ1) is 16.4. The van der Waals surface area contributed by atoms with Gasteiger partial charge >= 0.3 is 12.0 Å². The third kappa shape index (κ3) is 6.01. The van der Waals surface area contributed by atoms with E-state index in [4.69, 9.17) is 5.11 Å². The fraction of sp³-hybridized carbons (Fsp3) is 0.615. The number of hydrogen-bond acceptors (Lipinski definition) is 4. The van der Waals surface area contributed by atoms with Gasteiger partial charge in [-0.15, -0.1) is 11.3 Å². The number of rotatable bonds is 7. The van der Waals surface area contributed by atoms with Crippen LogP contribution < -0.4 is 10.6 Å². The summed E-state index contributed by atoms with van der Waals surface area (Å²) in [4.78, 5) is 26.7. The highest BCUT2D eigenvalue weighted by molar-refractivity contribution is 7.09. The average Bonchev–Trinajstić information content (AvgIpc) is 2.73. The number of nitrogens with zero attached hydrogens (tertiary/aromatic N) is 1. The van der Waals surface area contributed by atoms with Gasteiger partial charge in [0.2, 0.25) is 0 Å². The van der Waals surface area contributed by atoms with Crippen molar-refractivity contribution < 1.29 is 14.7 Å². The zero-order valence-corrected chi connectivity index (χ0v) is 12.8. The van der Waals surface area contributed by atoms with E-state index in [0.717, 1.165) is 10.7 Å². The van der Waals surface area contributed by atoms with Gasteiger partial charge in [-0.05, 0) is 12.8 Å². The molecule has 20 heavy (non-hydrogen) atoms. The Morgan fingerprint density at radius 2 is 2.15 bits per heavy atom. The first-order valence-corrected chi connectivity index (χ1v) is 7.43. The Morgan fingerprint density at radius 1 is 1.45 bits per heavy atom. The van der Waals surface area contributed by atoms with Crippen LogP contribution >= 0.6 is 11.3 Å². The van der Waals surface area contributed by atoms with Crippen molar-refractivity contribution in [3.05, 3.63) is 16.1 Å². The number of carbonyl (C=O) groups excluding carboxylic acids is 1. The molecule has 112 valence electrons. The summed E-state index contributed by atoms with van der Waals surface area (Å²) in [5.41, 5.74) is 0.982. The lowest BCUT2D eigenvalue weighted by Gasteiger charge is -2.20. The number of urea groups is 1. The predicted molar refractivity (Wildman–Crippen MR) is 78.0 cm³/mol. The van der Waals surface area contributed by atoms with E-state index in [-0.39, 0.29) is 24.4 Å². The third-order valence-electron chi connectivity index (χ3n) is 2.81. The van der Waals surface area contributed by atoms with Crippen molar-refractivity contribution in [2.45, 2.75) is 39.7 Å². The molecule has 0 saturated carbocycles. The Bertz CT molecular complexity index is 459.